The van der Waals surface area contributed by atoms with Crippen LogP contribution in [0.2, 0.25) is 0 Å². The van der Waals surface area contributed by atoms with E-state index in [9.17, 15) is 5.11 Å². The first-order chi connectivity index (χ1) is 9.63. The van der Waals surface area contributed by atoms with Gasteiger partial charge in [-0.2, -0.15) is 0 Å². The van der Waals surface area contributed by atoms with E-state index in [4.69, 9.17) is 0 Å². The summed E-state index contributed by atoms with van der Waals surface area (Å²) in [4.78, 5) is 2.45. The summed E-state index contributed by atoms with van der Waals surface area (Å²) in [5, 5.41) is 12.6. The van der Waals surface area contributed by atoms with Gasteiger partial charge < -0.3 is 5.11 Å². The quantitative estimate of drug-likeness (QED) is 0.872. The highest BCUT2D eigenvalue weighted by atomic mass is 79.9. The molecular formula is C17H20BrNO. The Morgan fingerprint density at radius 2 is 1.95 bits per heavy atom. The van der Waals surface area contributed by atoms with E-state index in [-0.39, 0.29) is 0 Å². The van der Waals surface area contributed by atoms with Gasteiger partial charge in [0.05, 0.1) is 0 Å². The van der Waals surface area contributed by atoms with Crippen molar-refractivity contribution in [3.05, 3.63) is 40.4 Å². The van der Waals surface area contributed by atoms with Crippen LogP contribution in [0.15, 0.2) is 34.8 Å². The maximum atomic E-state index is 10.2. The van der Waals surface area contributed by atoms with Gasteiger partial charge in [0.15, 0.2) is 0 Å². The predicted octanol–water partition coefficient (Wildman–Crippen LogP) is 4.54. The van der Waals surface area contributed by atoms with Gasteiger partial charge in [0.1, 0.15) is 5.75 Å². The summed E-state index contributed by atoms with van der Waals surface area (Å²) in [6.07, 6.45) is 2.52. The first-order valence-corrected chi connectivity index (χ1v) is 8.05. The van der Waals surface area contributed by atoms with Crippen molar-refractivity contribution < 1.29 is 5.11 Å². The maximum absolute atomic E-state index is 10.2. The van der Waals surface area contributed by atoms with Crippen LogP contribution >= 0.6 is 15.9 Å². The van der Waals surface area contributed by atoms with Gasteiger partial charge in [-0.15, -0.1) is 0 Å². The third-order valence-corrected chi connectivity index (χ3v) is 4.82. The molecule has 106 valence electrons. The Labute approximate surface area is 128 Å². The average Bonchev–Trinajstić information content (AvgIpc) is 2.44. The molecule has 3 heteroatoms. The van der Waals surface area contributed by atoms with Crippen molar-refractivity contribution in [3.8, 4) is 5.75 Å². The van der Waals surface area contributed by atoms with E-state index in [1.54, 1.807) is 0 Å². The molecule has 2 aromatic rings. The van der Waals surface area contributed by atoms with Gasteiger partial charge in [0, 0.05) is 16.6 Å². The molecule has 1 aliphatic heterocycles. The second-order valence-electron chi connectivity index (χ2n) is 5.89. The minimum absolute atomic E-state index is 0.415. The van der Waals surface area contributed by atoms with E-state index in [2.05, 4.69) is 39.9 Å². The smallest absolute Gasteiger partial charge is 0.120 e. The molecule has 1 heterocycles. The molecule has 0 unspecified atom stereocenters. The lowest BCUT2D eigenvalue weighted by atomic mass is 9.97. The molecule has 1 saturated heterocycles. The summed E-state index contributed by atoms with van der Waals surface area (Å²) < 4.78 is 1.08. The molecule has 0 saturated carbocycles. The van der Waals surface area contributed by atoms with Gasteiger partial charge in [-0.1, -0.05) is 35.0 Å². The maximum Gasteiger partial charge on any atom is 0.120 e. The first-order valence-electron chi connectivity index (χ1n) is 7.26. The molecule has 0 spiro atoms. The second kappa shape index (κ2) is 5.74. The van der Waals surface area contributed by atoms with E-state index in [1.165, 1.54) is 18.2 Å². The molecule has 20 heavy (non-hydrogen) atoms. The van der Waals surface area contributed by atoms with Crippen LogP contribution in [0.3, 0.4) is 0 Å². The van der Waals surface area contributed by atoms with Gasteiger partial charge in [-0.3, -0.25) is 4.90 Å². The number of piperidine rings is 1. The highest BCUT2D eigenvalue weighted by Crippen LogP contribution is 2.31. The number of fused-ring (bicyclic) bond motifs is 1. The van der Waals surface area contributed by atoms with Gasteiger partial charge in [0.2, 0.25) is 0 Å². The number of phenolic OH excluding ortho intramolecular Hbond substituents is 1. The number of phenols is 1. The second-order valence-corrected chi connectivity index (χ2v) is 6.80. The van der Waals surface area contributed by atoms with Crippen LogP contribution in [0.4, 0.5) is 0 Å². The lowest BCUT2D eigenvalue weighted by Gasteiger charge is -2.30. The Morgan fingerprint density at radius 3 is 2.70 bits per heavy atom. The Morgan fingerprint density at radius 1 is 1.20 bits per heavy atom. The minimum Gasteiger partial charge on any atom is -0.508 e. The Hall–Kier alpha value is -1.06. The molecule has 1 N–H and O–H groups in total. The molecule has 2 nitrogen and oxygen atoms in total. The van der Waals surface area contributed by atoms with Crippen LogP contribution in [0.1, 0.15) is 25.3 Å². The Kier molecular flexibility index (Phi) is 3.99. The number of rotatable bonds is 2. The number of benzene rings is 2. The Balaban J connectivity index is 1.92. The number of nitrogens with zero attached hydrogens (tertiary/aromatic N) is 1. The zero-order valence-corrected chi connectivity index (χ0v) is 13.4. The van der Waals surface area contributed by atoms with Crippen LogP contribution < -0.4 is 0 Å². The van der Waals surface area contributed by atoms with Gasteiger partial charge >= 0.3 is 0 Å². The summed E-state index contributed by atoms with van der Waals surface area (Å²) >= 11 is 3.51. The van der Waals surface area contributed by atoms with E-state index < -0.39 is 0 Å². The summed E-state index contributed by atoms with van der Waals surface area (Å²) in [7, 11) is 0. The number of hydrogen-bond acceptors (Lipinski definition) is 2. The van der Waals surface area contributed by atoms with Crippen LogP contribution in [0.25, 0.3) is 10.8 Å². The number of hydrogen-bond donors (Lipinski definition) is 1. The topological polar surface area (TPSA) is 23.5 Å². The fourth-order valence-electron chi connectivity index (χ4n) is 2.96. The van der Waals surface area contributed by atoms with Crippen LogP contribution in [-0.4, -0.2) is 23.1 Å². The van der Waals surface area contributed by atoms with Crippen LogP contribution in [0.5, 0.6) is 5.75 Å². The first kappa shape index (κ1) is 13.9. The van der Waals surface area contributed by atoms with Crippen LogP contribution in [-0.2, 0) is 6.54 Å². The zero-order chi connectivity index (χ0) is 14.1. The lowest BCUT2D eigenvalue weighted by Crippen LogP contribution is -2.32. The lowest BCUT2D eigenvalue weighted by molar-refractivity contribution is 0.184. The van der Waals surface area contributed by atoms with Crippen molar-refractivity contribution in [2.75, 3.05) is 13.1 Å². The van der Waals surface area contributed by atoms with Crippen molar-refractivity contribution in [2.45, 2.75) is 26.3 Å². The monoisotopic (exact) mass is 333 g/mol. The highest BCUT2D eigenvalue weighted by Gasteiger charge is 2.18. The minimum atomic E-state index is 0.415. The molecule has 0 atom stereocenters. The molecule has 0 bridgehead atoms. The average molecular weight is 334 g/mol. The molecular weight excluding hydrogens is 314 g/mol. The van der Waals surface area contributed by atoms with Crippen molar-refractivity contribution in [1.29, 1.82) is 0 Å². The fraction of sp³-hybridized carbons (Fsp3) is 0.412. The SMILES string of the molecule is CC1CCN(Cc2c(O)ccc3cc(Br)ccc23)CC1. The predicted molar refractivity (Wildman–Crippen MR) is 87.0 cm³/mol. The fourth-order valence-corrected chi connectivity index (χ4v) is 3.34. The van der Waals surface area contributed by atoms with E-state index in [0.717, 1.165) is 41.0 Å². The van der Waals surface area contributed by atoms with Crippen molar-refractivity contribution in [2.24, 2.45) is 5.92 Å². The van der Waals surface area contributed by atoms with Crippen molar-refractivity contribution in [1.82, 2.24) is 4.90 Å². The molecule has 0 aromatic heterocycles. The van der Waals surface area contributed by atoms with E-state index >= 15 is 0 Å². The molecule has 0 aliphatic carbocycles. The number of aromatic hydroxyl groups is 1. The molecule has 2 aromatic carbocycles. The number of likely N-dealkylation sites (tertiary alicyclic amines) is 1. The number of halogens is 1. The van der Waals surface area contributed by atoms with E-state index in [1.807, 2.05) is 18.2 Å². The summed E-state index contributed by atoms with van der Waals surface area (Å²) in [6, 6.07) is 10.1. The molecule has 0 radical (unpaired) electrons. The highest BCUT2D eigenvalue weighted by molar-refractivity contribution is 9.10. The van der Waals surface area contributed by atoms with E-state index in [0.29, 0.717) is 5.75 Å². The summed E-state index contributed by atoms with van der Waals surface area (Å²) in [5.74, 6) is 1.25. The third kappa shape index (κ3) is 2.84. The normalized spacial score (nSPS) is 17.7. The molecule has 1 aliphatic rings. The Bertz CT molecular complexity index is 618. The largest absolute Gasteiger partial charge is 0.508 e. The molecule has 1 fully saturated rings. The third-order valence-electron chi connectivity index (χ3n) is 4.33. The van der Waals surface area contributed by atoms with Crippen molar-refractivity contribution in [3.63, 3.8) is 0 Å². The standard InChI is InChI=1S/C17H20BrNO/c1-12-6-8-19(9-7-12)11-16-15-4-3-14(18)10-13(15)2-5-17(16)20/h2-5,10,12,20H,6-9,11H2,1H3. The van der Waals surface area contributed by atoms with Gasteiger partial charge in [0.25, 0.3) is 0 Å². The van der Waals surface area contributed by atoms with Gasteiger partial charge in [-0.05, 0) is 60.8 Å². The molecule has 0 amide bonds. The molecule has 3 rings (SSSR count). The summed E-state index contributed by atoms with van der Waals surface area (Å²) in [5.41, 5.74) is 1.06. The van der Waals surface area contributed by atoms with Crippen LogP contribution in [0, 0.1) is 5.92 Å². The van der Waals surface area contributed by atoms with Crippen molar-refractivity contribution >= 4 is 26.7 Å². The van der Waals surface area contributed by atoms with Gasteiger partial charge in [-0.25, -0.2) is 0 Å². The summed E-state index contributed by atoms with van der Waals surface area (Å²) in [6.45, 7) is 5.43. The zero-order valence-electron chi connectivity index (χ0n) is 11.8.